The number of esters is 1. The van der Waals surface area contributed by atoms with Crippen molar-refractivity contribution in [3.8, 4) is 0 Å². The molecule has 0 saturated carbocycles. The van der Waals surface area contributed by atoms with E-state index in [9.17, 15) is 9.59 Å². The van der Waals surface area contributed by atoms with E-state index in [-0.39, 0.29) is 23.8 Å². The fourth-order valence-electron chi connectivity index (χ4n) is 1.47. The molecule has 0 radical (unpaired) electrons. The average Bonchev–Trinajstić information content (AvgIpc) is 2.30. The number of Topliss-reactive ketones (excluding diaryl/α,β-unsaturated/α-hetero) is 1. The zero-order valence-electron chi connectivity index (χ0n) is 12.6. The summed E-state index contributed by atoms with van der Waals surface area (Å²) in [5.74, 6) is -0.0863. The Kier molecular flexibility index (Phi) is 8.34. The second-order valence-electron chi connectivity index (χ2n) is 6.00. The highest BCUT2D eigenvalue weighted by Gasteiger charge is 2.23. The maximum Gasteiger partial charge on any atom is 0.311 e. The van der Waals surface area contributed by atoms with Crippen LogP contribution in [0.5, 0.6) is 0 Å². The number of hydrogen-bond acceptors (Lipinski definition) is 5. The second-order valence-corrected chi connectivity index (χ2v) is 6.21. The molecule has 0 amide bonds. The summed E-state index contributed by atoms with van der Waals surface area (Å²) >= 11 is 3.83. The summed E-state index contributed by atoms with van der Waals surface area (Å²) in [6.07, 6.45) is 1.98. The highest BCUT2D eigenvalue weighted by Crippen LogP contribution is 2.18. The van der Waals surface area contributed by atoms with Gasteiger partial charge in [0.2, 0.25) is 0 Å². The van der Waals surface area contributed by atoms with Gasteiger partial charge in [-0.05, 0) is 59.9 Å². The van der Waals surface area contributed by atoms with Crippen molar-refractivity contribution in [2.75, 3.05) is 6.61 Å². The van der Waals surface area contributed by atoms with Gasteiger partial charge in [-0.25, -0.2) is 0 Å². The Morgan fingerprint density at radius 1 is 1.26 bits per heavy atom. The Morgan fingerprint density at radius 3 is 2.26 bits per heavy atom. The number of ketones is 1. The maximum atomic E-state index is 11.5. The molecule has 19 heavy (non-hydrogen) atoms. The van der Waals surface area contributed by atoms with E-state index < -0.39 is 5.41 Å². The van der Waals surface area contributed by atoms with E-state index in [1.165, 1.54) is 0 Å². The van der Waals surface area contributed by atoms with Gasteiger partial charge in [0.1, 0.15) is 5.78 Å². The third-order valence-corrected chi connectivity index (χ3v) is 3.27. The smallest absolute Gasteiger partial charge is 0.311 e. The highest BCUT2D eigenvalue weighted by molar-refractivity contribution is 7.75. The summed E-state index contributed by atoms with van der Waals surface area (Å²) in [6, 6.07) is 0. The molecule has 112 valence electrons. The molecule has 0 aromatic rings. The number of rotatable bonds is 8. The van der Waals surface area contributed by atoms with E-state index in [0.717, 1.165) is 6.42 Å². The first kappa shape index (κ1) is 18.4. The SMILES string of the molecule is CC(=O)C(C)C[C@@H](CCCOC(=O)C(C)(C)C)OS. The van der Waals surface area contributed by atoms with Gasteiger partial charge in [0.05, 0.1) is 18.1 Å². The standard InChI is InChI=1S/C14H26O4S/c1-10(11(2)15)9-12(18-19)7-6-8-17-13(16)14(3,4)5/h10,12,19H,6-9H2,1-5H3/t10?,12-/m1/s1. The van der Waals surface area contributed by atoms with E-state index >= 15 is 0 Å². The van der Waals surface area contributed by atoms with Crippen LogP contribution in [0.3, 0.4) is 0 Å². The summed E-state index contributed by atoms with van der Waals surface area (Å²) in [7, 11) is 0. The lowest BCUT2D eigenvalue weighted by Crippen LogP contribution is -2.24. The Bertz CT molecular complexity index is 296. The van der Waals surface area contributed by atoms with E-state index in [4.69, 9.17) is 8.92 Å². The maximum absolute atomic E-state index is 11.5. The van der Waals surface area contributed by atoms with Gasteiger partial charge < -0.3 is 8.92 Å². The van der Waals surface area contributed by atoms with Gasteiger partial charge in [0.15, 0.2) is 0 Å². The van der Waals surface area contributed by atoms with Crippen molar-refractivity contribution in [1.82, 2.24) is 0 Å². The van der Waals surface area contributed by atoms with Crippen molar-refractivity contribution in [1.29, 1.82) is 0 Å². The largest absolute Gasteiger partial charge is 0.465 e. The zero-order valence-corrected chi connectivity index (χ0v) is 13.5. The van der Waals surface area contributed by atoms with Gasteiger partial charge >= 0.3 is 5.97 Å². The van der Waals surface area contributed by atoms with Gasteiger partial charge in [0.25, 0.3) is 0 Å². The van der Waals surface area contributed by atoms with Crippen LogP contribution in [0.25, 0.3) is 0 Å². The van der Waals surface area contributed by atoms with Gasteiger partial charge in [-0.2, -0.15) is 0 Å². The predicted octanol–water partition coefficient (Wildman–Crippen LogP) is 3.20. The zero-order chi connectivity index (χ0) is 15.1. The first-order valence-electron chi connectivity index (χ1n) is 6.66. The normalized spacial score (nSPS) is 14.8. The molecular formula is C14H26O4S. The van der Waals surface area contributed by atoms with Gasteiger partial charge in [-0.3, -0.25) is 9.59 Å². The van der Waals surface area contributed by atoms with Crippen molar-refractivity contribution in [2.24, 2.45) is 11.3 Å². The monoisotopic (exact) mass is 290 g/mol. The molecule has 1 unspecified atom stereocenters. The average molecular weight is 290 g/mol. The highest BCUT2D eigenvalue weighted by atomic mass is 32.1. The quantitative estimate of drug-likeness (QED) is 0.323. The molecule has 4 nitrogen and oxygen atoms in total. The molecule has 0 rings (SSSR count). The summed E-state index contributed by atoms with van der Waals surface area (Å²) < 4.78 is 10.2. The minimum Gasteiger partial charge on any atom is -0.465 e. The van der Waals surface area contributed by atoms with Crippen LogP contribution in [0.1, 0.15) is 53.9 Å². The van der Waals surface area contributed by atoms with Crippen molar-refractivity contribution >= 4 is 24.7 Å². The fraction of sp³-hybridized carbons (Fsp3) is 0.857. The number of thiol groups is 1. The molecule has 0 aliphatic rings. The molecule has 0 heterocycles. The lowest BCUT2D eigenvalue weighted by Gasteiger charge is -2.19. The summed E-state index contributed by atoms with van der Waals surface area (Å²) in [5.41, 5.74) is -0.470. The lowest BCUT2D eigenvalue weighted by atomic mass is 9.97. The van der Waals surface area contributed by atoms with E-state index in [1.54, 1.807) is 6.92 Å². The molecule has 0 aromatic carbocycles. The molecule has 0 spiro atoms. The predicted molar refractivity (Wildman–Crippen MR) is 78.0 cm³/mol. The molecule has 5 heteroatoms. The van der Waals surface area contributed by atoms with Gasteiger partial charge in [0, 0.05) is 5.92 Å². The first-order valence-corrected chi connectivity index (χ1v) is 7.03. The fourth-order valence-corrected chi connectivity index (χ4v) is 1.66. The Balaban J connectivity index is 3.91. The summed E-state index contributed by atoms with van der Waals surface area (Å²) in [4.78, 5) is 22.7. The molecule has 0 fully saturated rings. The van der Waals surface area contributed by atoms with Crippen LogP contribution in [0.2, 0.25) is 0 Å². The Hall–Kier alpha value is -0.550. The van der Waals surface area contributed by atoms with Crippen LogP contribution in [-0.2, 0) is 18.5 Å². The van der Waals surface area contributed by atoms with Crippen LogP contribution in [0.15, 0.2) is 0 Å². The molecule has 0 aromatic heterocycles. The van der Waals surface area contributed by atoms with Crippen molar-refractivity contribution in [2.45, 2.75) is 60.0 Å². The molecule has 2 atom stereocenters. The minimum atomic E-state index is -0.470. The Labute approximate surface area is 121 Å². The molecule has 0 aliphatic heterocycles. The Morgan fingerprint density at radius 2 is 1.84 bits per heavy atom. The number of carbonyl (C=O) groups excluding carboxylic acids is 2. The topological polar surface area (TPSA) is 52.6 Å². The van der Waals surface area contributed by atoms with Crippen molar-refractivity contribution in [3.05, 3.63) is 0 Å². The first-order chi connectivity index (χ1) is 8.68. The van der Waals surface area contributed by atoms with Gasteiger partial charge in [-0.1, -0.05) is 6.92 Å². The van der Waals surface area contributed by atoms with Crippen LogP contribution in [0.4, 0.5) is 0 Å². The molecule has 0 aliphatic carbocycles. The summed E-state index contributed by atoms with van der Waals surface area (Å²) in [5, 5.41) is 0. The molecule has 0 saturated heterocycles. The van der Waals surface area contributed by atoms with Crippen molar-refractivity contribution < 1.29 is 18.5 Å². The van der Waals surface area contributed by atoms with Crippen LogP contribution in [0, 0.1) is 11.3 Å². The second kappa shape index (κ2) is 8.59. The number of hydrogen-bond donors (Lipinski definition) is 1. The van der Waals surface area contributed by atoms with Gasteiger partial charge in [-0.15, -0.1) is 0 Å². The van der Waals surface area contributed by atoms with Crippen LogP contribution in [-0.4, -0.2) is 24.5 Å². The third-order valence-electron chi connectivity index (χ3n) is 2.98. The number of carbonyl (C=O) groups is 2. The summed E-state index contributed by atoms with van der Waals surface area (Å²) in [6.45, 7) is 9.29. The minimum absolute atomic E-state index is 0.0331. The van der Waals surface area contributed by atoms with Crippen molar-refractivity contribution in [3.63, 3.8) is 0 Å². The lowest BCUT2D eigenvalue weighted by molar-refractivity contribution is -0.153. The van der Waals surface area contributed by atoms with Crippen LogP contribution >= 0.6 is 12.9 Å². The molecule has 0 N–H and O–H groups in total. The van der Waals surface area contributed by atoms with E-state index in [1.807, 2.05) is 27.7 Å². The third kappa shape index (κ3) is 8.26. The molecular weight excluding hydrogens is 264 g/mol. The van der Waals surface area contributed by atoms with Crippen LogP contribution < -0.4 is 0 Å². The van der Waals surface area contributed by atoms with E-state index in [0.29, 0.717) is 19.4 Å². The van der Waals surface area contributed by atoms with E-state index in [2.05, 4.69) is 12.9 Å². The number of ether oxygens (including phenoxy) is 1. The molecule has 0 bridgehead atoms.